The summed E-state index contributed by atoms with van der Waals surface area (Å²) in [5.74, 6) is -0.482. The van der Waals surface area contributed by atoms with E-state index >= 15 is 0 Å². The number of benzene rings is 2. The van der Waals surface area contributed by atoms with E-state index in [9.17, 15) is 14.4 Å². The number of hydrogen-bond acceptors (Lipinski definition) is 4. The average molecular weight is 374 g/mol. The highest BCUT2D eigenvalue weighted by molar-refractivity contribution is 5.90. The van der Waals surface area contributed by atoms with Gasteiger partial charge in [0, 0.05) is 18.0 Å². The van der Waals surface area contributed by atoms with Crippen molar-refractivity contribution in [3.63, 3.8) is 0 Å². The number of nitriles is 1. The number of rotatable bonds is 6. The fraction of sp³-hybridized carbons (Fsp3) is 0.143. The van der Waals surface area contributed by atoms with E-state index in [-0.39, 0.29) is 13.0 Å². The molecule has 0 aliphatic heterocycles. The molecule has 1 amide bonds. The third kappa shape index (κ3) is 4.62. The molecule has 0 saturated heterocycles. The lowest BCUT2D eigenvalue weighted by Gasteiger charge is -2.10. The Morgan fingerprint density at radius 1 is 0.964 bits per heavy atom. The third-order valence-corrected chi connectivity index (χ3v) is 4.16. The number of carbonyl (C=O) groups excluding carboxylic acids is 1. The largest absolute Gasteiger partial charge is 0.331 e. The van der Waals surface area contributed by atoms with E-state index in [2.05, 4.69) is 5.32 Å². The number of aromatic nitrogens is 2. The second kappa shape index (κ2) is 8.64. The minimum Gasteiger partial charge on any atom is -0.325 e. The molecule has 0 radical (unpaired) electrons. The first-order chi connectivity index (χ1) is 13.6. The molecule has 7 nitrogen and oxygen atoms in total. The number of anilines is 1. The first-order valence-corrected chi connectivity index (χ1v) is 8.67. The maximum absolute atomic E-state index is 12.6. The molecule has 0 unspecified atom stereocenters. The molecule has 3 aromatic rings. The number of carbonyl (C=O) groups is 1. The summed E-state index contributed by atoms with van der Waals surface area (Å²) in [7, 11) is 0. The molecule has 1 aromatic heterocycles. The molecule has 0 fully saturated rings. The van der Waals surface area contributed by atoms with Crippen LogP contribution in [0.5, 0.6) is 0 Å². The van der Waals surface area contributed by atoms with E-state index in [0.29, 0.717) is 12.2 Å². The van der Waals surface area contributed by atoms with Crippen molar-refractivity contribution in [3.05, 3.63) is 98.8 Å². The van der Waals surface area contributed by atoms with Crippen LogP contribution in [0.15, 0.2) is 76.4 Å². The summed E-state index contributed by atoms with van der Waals surface area (Å²) in [6, 6.07) is 19.5. The van der Waals surface area contributed by atoms with Crippen LogP contribution in [0, 0.1) is 11.3 Å². The summed E-state index contributed by atoms with van der Waals surface area (Å²) in [6.45, 7) is -0.0742. The number of nitrogens with zero attached hydrogens (tertiary/aromatic N) is 3. The van der Waals surface area contributed by atoms with Crippen molar-refractivity contribution in [1.82, 2.24) is 9.13 Å². The molecule has 0 atom stereocenters. The standard InChI is InChI=1S/C21H18N4O3/c22-12-10-16-6-8-18(9-7-16)23-19(26)15-25-20(27)11-13-24(21(25)28)14-17-4-2-1-3-5-17/h1-9,11,13H,10,14-15H2,(H,23,26). The van der Waals surface area contributed by atoms with Gasteiger partial charge in [0.25, 0.3) is 5.56 Å². The second-order valence-corrected chi connectivity index (χ2v) is 6.22. The van der Waals surface area contributed by atoms with Crippen LogP contribution in [0.3, 0.4) is 0 Å². The smallest absolute Gasteiger partial charge is 0.325 e. The number of nitrogens with one attached hydrogen (secondary N) is 1. The van der Waals surface area contributed by atoms with Gasteiger partial charge in [-0.3, -0.25) is 18.7 Å². The summed E-state index contributed by atoms with van der Waals surface area (Å²) in [4.78, 5) is 37.0. The van der Waals surface area contributed by atoms with E-state index in [1.165, 1.54) is 16.8 Å². The summed E-state index contributed by atoms with van der Waals surface area (Å²) in [5.41, 5.74) is 1.20. The van der Waals surface area contributed by atoms with Crippen molar-refractivity contribution in [2.45, 2.75) is 19.5 Å². The highest BCUT2D eigenvalue weighted by Crippen LogP contribution is 2.09. The predicted octanol–water partition coefficient (Wildman–Crippen LogP) is 1.76. The van der Waals surface area contributed by atoms with Crippen LogP contribution >= 0.6 is 0 Å². The molecule has 0 spiro atoms. The molecule has 1 N–H and O–H groups in total. The zero-order chi connectivity index (χ0) is 19.9. The van der Waals surface area contributed by atoms with Crippen molar-refractivity contribution in [1.29, 1.82) is 5.26 Å². The molecular formula is C21H18N4O3. The fourth-order valence-electron chi connectivity index (χ4n) is 2.74. The SMILES string of the molecule is N#CCc1ccc(NC(=O)Cn2c(=O)ccn(Cc3ccccc3)c2=O)cc1. The monoisotopic (exact) mass is 374 g/mol. The van der Waals surface area contributed by atoms with Crippen molar-refractivity contribution < 1.29 is 4.79 Å². The fourth-order valence-corrected chi connectivity index (χ4v) is 2.74. The van der Waals surface area contributed by atoms with E-state index < -0.39 is 17.2 Å². The Bertz CT molecular complexity index is 1120. The summed E-state index contributed by atoms with van der Waals surface area (Å²) in [6.07, 6.45) is 1.72. The van der Waals surface area contributed by atoms with Crippen molar-refractivity contribution in [2.24, 2.45) is 0 Å². The van der Waals surface area contributed by atoms with Crippen LogP contribution in [0.4, 0.5) is 5.69 Å². The number of hydrogen-bond donors (Lipinski definition) is 1. The Labute approximate surface area is 161 Å². The quantitative estimate of drug-likeness (QED) is 0.711. The van der Waals surface area contributed by atoms with Crippen LogP contribution in [0.2, 0.25) is 0 Å². The van der Waals surface area contributed by atoms with Gasteiger partial charge in [0.2, 0.25) is 5.91 Å². The van der Waals surface area contributed by atoms with E-state index in [0.717, 1.165) is 15.7 Å². The van der Waals surface area contributed by atoms with Crippen LogP contribution in [0.25, 0.3) is 0 Å². The highest BCUT2D eigenvalue weighted by atomic mass is 16.2. The molecule has 0 aliphatic rings. The van der Waals surface area contributed by atoms with Gasteiger partial charge in [-0.15, -0.1) is 0 Å². The first-order valence-electron chi connectivity index (χ1n) is 8.67. The van der Waals surface area contributed by atoms with E-state index in [4.69, 9.17) is 5.26 Å². The van der Waals surface area contributed by atoms with Crippen LogP contribution in [-0.4, -0.2) is 15.0 Å². The van der Waals surface area contributed by atoms with Gasteiger partial charge in [-0.25, -0.2) is 4.79 Å². The molecule has 28 heavy (non-hydrogen) atoms. The number of amides is 1. The lowest BCUT2D eigenvalue weighted by Crippen LogP contribution is -2.41. The van der Waals surface area contributed by atoms with Gasteiger partial charge in [-0.05, 0) is 23.3 Å². The van der Waals surface area contributed by atoms with E-state index in [1.54, 1.807) is 24.3 Å². The maximum atomic E-state index is 12.6. The molecule has 0 bridgehead atoms. The Balaban J connectivity index is 1.75. The van der Waals surface area contributed by atoms with Gasteiger partial charge in [0.1, 0.15) is 6.54 Å². The van der Waals surface area contributed by atoms with Crippen LogP contribution in [-0.2, 0) is 24.3 Å². The van der Waals surface area contributed by atoms with Crippen molar-refractivity contribution >= 4 is 11.6 Å². The summed E-state index contributed by atoms with van der Waals surface area (Å²) < 4.78 is 2.29. The molecule has 0 saturated carbocycles. The molecule has 1 heterocycles. The lowest BCUT2D eigenvalue weighted by molar-refractivity contribution is -0.116. The second-order valence-electron chi connectivity index (χ2n) is 6.22. The van der Waals surface area contributed by atoms with Gasteiger partial charge in [0.15, 0.2) is 0 Å². The summed E-state index contributed by atoms with van der Waals surface area (Å²) >= 11 is 0. The lowest BCUT2D eigenvalue weighted by atomic mass is 10.1. The van der Waals surface area contributed by atoms with Crippen LogP contribution < -0.4 is 16.6 Å². The summed E-state index contributed by atoms with van der Waals surface area (Å²) in [5, 5.41) is 11.3. The minimum absolute atomic E-state index is 0.286. The Kier molecular flexibility index (Phi) is 5.82. The zero-order valence-corrected chi connectivity index (χ0v) is 15.0. The van der Waals surface area contributed by atoms with Crippen LogP contribution in [0.1, 0.15) is 11.1 Å². The topological polar surface area (TPSA) is 96.9 Å². The van der Waals surface area contributed by atoms with Gasteiger partial charge < -0.3 is 5.32 Å². The Morgan fingerprint density at radius 2 is 1.68 bits per heavy atom. The minimum atomic E-state index is -0.545. The van der Waals surface area contributed by atoms with Gasteiger partial charge in [0.05, 0.1) is 19.0 Å². The van der Waals surface area contributed by atoms with E-state index in [1.807, 2.05) is 36.4 Å². The predicted molar refractivity (Wildman–Crippen MR) is 105 cm³/mol. The van der Waals surface area contributed by atoms with Crippen molar-refractivity contribution in [3.8, 4) is 6.07 Å². The Hall–Kier alpha value is -3.92. The molecule has 3 rings (SSSR count). The average Bonchev–Trinajstić information content (AvgIpc) is 2.70. The first kappa shape index (κ1) is 18.9. The molecule has 2 aromatic carbocycles. The molecule has 7 heteroatoms. The normalized spacial score (nSPS) is 10.2. The maximum Gasteiger partial charge on any atom is 0.331 e. The van der Waals surface area contributed by atoms with Gasteiger partial charge in [-0.2, -0.15) is 5.26 Å². The van der Waals surface area contributed by atoms with Gasteiger partial charge in [-0.1, -0.05) is 42.5 Å². The van der Waals surface area contributed by atoms with Crippen molar-refractivity contribution in [2.75, 3.05) is 5.32 Å². The Morgan fingerprint density at radius 3 is 2.36 bits per heavy atom. The molecular weight excluding hydrogens is 356 g/mol. The van der Waals surface area contributed by atoms with Gasteiger partial charge >= 0.3 is 5.69 Å². The highest BCUT2D eigenvalue weighted by Gasteiger charge is 2.11. The zero-order valence-electron chi connectivity index (χ0n) is 15.0. The molecule has 140 valence electrons. The molecule has 0 aliphatic carbocycles. The third-order valence-electron chi connectivity index (χ3n) is 4.16.